The van der Waals surface area contributed by atoms with Gasteiger partial charge in [0.25, 0.3) is 0 Å². The van der Waals surface area contributed by atoms with E-state index in [4.69, 9.17) is 9.47 Å². The third kappa shape index (κ3) is 4.54. The van der Waals surface area contributed by atoms with Crippen molar-refractivity contribution < 1.29 is 17.9 Å². The summed E-state index contributed by atoms with van der Waals surface area (Å²) in [6, 6.07) is 8.60. The van der Waals surface area contributed by atoms with E-state index >= 15 is 0 Å². The van der Waals surface area contributed by atoms with Crippen LogP contribution in [-0.2, 0) is 29.1 Å². The van der Waals surface area contributed by atoms with Crippen LogP contribution < -0.4 is 9.47 Å². The lowest BCUT2D eigenvalue weighted by molar-refractivity contribution is 0.171. The Labute approximate surface area is 173 Å². The molecule has 3 heterocycles. The van der Waals surface area contributed by atoms with Crippen molar-refractivity contribution in [2.24, 2.45) is 7.05 Å². The van der Waals surface area contributed by atoms with Gasteiger partial charge in [-0.05, 0) is 23.8 Å². The molecule has 0 aliphatic carbocycles. The summed E-state index contributed by atoms with van der Waals surface area (Å²) in [5.74, 6) is 2.31. The van der Waals surface area contributed by atoms with Crippen molar-refractivity contribution in [3.63, 3.8) is 0 Å². The zero-order valence-corrected chi connectivity index (χ0v) is 17.4. The molecule has 0 unspecified atom stereocenters. The van der Waals surface area contributed by atoms with Crippen molar-refractivity contribution in [2.45, 2.75) is 22.2 Å². The van der Waals surface area contributed by atoms with Gasteiger partial charge in [0.05, 0.1) is 10.6 Å². The first-order chi connectivity index (χ1) is 14.0. The van der Waals surface area contributed by atoms with Gasteiger partial charge in [-0.1, -0.05) is 17.8 Å². The predicted molar refractivity (Wildman–Crippen MR) is 108 cm³/mol. The van der Waals surface area contributed by atoms with Crippen LogP contribution in [0.3, 0.4) is 0 Å². The van der Waals surface area contributed by atoms with E-state index in [0.29, 0.717) is 30.5 Å². The summed E-state index contributed by atoms with van der Waals surface area (Å²) in [4.78, 5) is 4.31. The average Bonchev–Trinajstić information content (AvgIpc) is 3.10. The summed E-state index contributed by atoms with van der Waals surface area (Å²) in [5, 5.41) is 9.09. The van der Waals surface area contributed by atoms with Crippen molar-refractivity contribution >= 4 is 21.6 Å². The Morgan fingerprint density at radius 1 is 1.14 bits per heavy atom. The molecule has 0 spiro atoms. The minimum atomic E-state index is -3.49. The minimum absolute atomic E-state index is 0.0636. The molecule has 0 fully saturated rings. The molecule has 0 amide bonds. The Kier molecular flexibility index (Phi) is 5.72. The van der Waals surface area contributed by atoms with Gasteiger partial charge in [-0.15, -0.1) is 10.2 Å². The standard InChI is InChI=1S/C19H20N4O4S2/c1-23-18(21-22-19(23)28-13-14-3-2-7-20-12-14)6-10-29(24,25)15-4-5-16-17(11-15)27-9-8-26-16/h2-5,7,11-12H,6,8-10,13H2,1H3. The third-order valence-electron chi connectivity index (χ3n) is 4.48. The van der Waals surface area contributed by atoms with Crippen molar-refractivity contribution in [2.75, 3.05) is 19.0 Å². The maximum atomic E-state index is 12.8. The third-order valence-corrected chi connectivity index (χ3v) is 7.29. The van der Waals surface area contributed by atoms with Crippen LogP contribution in [0.2, 0.25) is 0 Å². The molecule has 8 nitrogen and oxygen atoms in total. The second-order valence-corrected chi connectivity index (χ2v) is 9.53. The topological polar surface area (TPSA) is 96.2 Å². The van der Waals surface area contributed by atoms with Gasteiger partial charge in [-0.2, -0.15) is 0 Å². The molecule has 4 rings (SSSR count). The summed E-state index contributed by atoms with van der Waals surface area (Å²) < 4.78 is 38.3. The highest BCUT2D eigenvalue weighted by molar-refractivity contribution is 7.98. The molecule has 2 aromatic heterocycles. The molecular formula is C19H20N4O4S2. The molecule has 1 aliphatic heterocycles. The smallest absolute Gasteiger partial charge is 0.191 e. The van der Waals surface area contributed by atoms with Crippen LogP contribution in [0.25, 0.3) is 0 Å². The van der Waals surface area contributed by atoms with E-state index in [0.717, 1.165) is 16.5 Å². The second-order valence-electron chi connectivity index (χ2n) is 6.48. The number of fused-ring (bicyclic) bond motifs is 1. The van der Waals surface area contributed by atoms with Crippen molar-refractivity contribution in [3.05, 3.63) is 54.1 Å². The number of pyridine rings is 1. The van der Waals surface area contributed by atoms with Gasteiger partial charge in [-0.25, -0.2) is 8.42 Å². The summed E-state index contributed by atoms with van der Waals surface area (Å²) in [6.45, 7) is 0.876. The van der Waals surface area contributed by atoms with Gasteiger partial charge in [0.15, 0.2) is 26.5 Å². The van der Waals surface area contributed by atoms with Crippen LogP contribution in [0.4, 0.5) is 0 Å². The number of thioether (sulfide) groups is 1. The molecular weight excluding hydrogens is 412 g/mol. The molecule has 0 bridgehead atoms. The van der Waals surface area contributed by atoms with Crippen LogP contribution in [0, 0.1) is 0 Å². The Hall–Kier alpha value is -2.59. The molecule has 0 atom stereocenters. The lowest BCUT2D eigenvalue weighted by Crippen LogP contribution is -2.16. The molecule has 3 aromatic rings. The van der Waals surface area contributed by atoms with E-state index in [1.165, 1.54) is 17.8 Å². The summed E-state index contributed by atoms with van der Waals surface area (Å²) in [6.07, 6.45) is 3.81. The van der Waals surface area contributed by atoms with Crippen LogP contribution in [0.1, 0.15) is 11.4 Å². The number of sulfone groups is 1. The molecule has 1 aliphatic rings. The Balaban J connectivity index is 1.41. The van der Waals surface area contributed by atoms with Crippen LogP contribution in [0.15, 0.2) is 52.8 Å². The Morgan fingerprint density at radius 3 is 2.76 bits per heavy atom. The van der Waals surface area contributed by atoms with Crippen molar-refractivity contribution in [1.29, 1.82) is 0 Å². The molecule has 29 heavy (non-hydrogen) atoms. The predicted octanol–water partition coefficient (Wildman–Crippen LogP) is 2.29. The fourth-order valence-corrected chi connectivity index (χ4v) is 4.99. The quantitative estimate of drug-likeness (QED) is 0.525. The van der Waals surface area contributed by atoms with Gasteiger partial charge < -0.3 is 14.0 Å². The van der Waals surface area contributed by atoms with Gasteiger partial charge in [0.2, 0.25) is 0 Å². The monoisotopic (exact) mass is 432 g/mol. The van der Waals surface area contributed by atoms with Gasteiger partial charge in [-0.3, -0.25) is 4.98 Å². The first-order valence-corrected chi connectivity index (χ1v) is 11.7. The van der Waals surface area contributed by atoms with E-state index in [9.17, 15) is 8.42 Å². The zero-order valence-electron chi connectivity index (χ0n) is 15.8. The molecule has 0 radical (unpaired) electrons. The number of benzene rings is 1. The van der Waals surface area contributed by atoms with E-state index in [2.05, 4.69) is 15.2 Å². The number of ether oxygens (including phenoxy) is 2. The number of hydrogen-bond acceptors (Lipinski definition) is 8. The largest absolute Gasteiger partial charge is 0.486 e. The van der Waals surface area contributed by atoms with Crippen molar-refractivity contribution in [1.82, 2.24) is 19.7 Å². The van der Waals surface area contributed by atoms with Gasteiger partial charge in [0, 0.05) is 37.7 Å². The molecule has 10 heteroatoms. The maximum absolute atomic E-state index is 12.8. The summed E-state index contributed by atoms with van der Waals surface area (Å²) in [5.41, 5.74) is 1.09. The lowest BCUT2D eigenvalue weighted by Gasteiger charge is -2.18. The number of rotatable bonds is 7. The summed E-state index contributed by atoms with van der Waals surface area (Å²) >= 11 is 1.54. The van der Waals surface area contributed by atoms with E-state index < -0.39 is 9.84 Å². The molecule has 0 saturated heterocycles. The number of aromatic nitrogens is 4. The highest BCUT2D eigenvalue weighted by Gasteiger charge is 2.21. The zero-order chi connectivity index (χ0) is 20.3. The highest BCUT2D eigenvalue weighted by Crippen LogP contribution is 2.32. The number of hydrogen-bond donors (Lipinski definition) is 0. The molecule has 1 aromatic carbocycles. The Bertz CT molecular complexity index is 1100. The second kappa shape index (κ2) is 8.42. The number of nitrogens with zero attached hydrogens (tertiary/aromatic N) is 4. The molecule has 152 valence electrons. The van der Waals surface area contributed by atoms with Crippen molar-refractivity contribution in [3.8, 4) is 11.5 Å². The fraction of sp³-hybridized carbons (Fsp3) is 0.316. The van der Waals surface area contributed by atoms with Crippen LogP contribution in [-0.4, -0.2) is 47.1 Å². The first kappa shape index (κ1) is 19.7. The van der Waals surface area contributed by atoms with E-state index in [1.54, 1.807) is 18.3 Å². The maximum Gasteiger partial charge on any atom is 0.191 e. The Morgan fingerprint density at radius 2 is 1.97 bits per heavy atom. The van der Waals surface area contributed by atoms with E-state index in [1.807, 2.05) is 29.9 Å². The first-order valence-electron chi connectivity index (χ1n) is 9.05. The average molecular weight is 433 g/mol. The molecule has 0 saturated carbocycles. The SMILES string of the molecule is Cn1c(CCS(=O)(=O)c2ccc3c(c2)OCCO3)nnc1SCc1cccnc1. The fourth-order valence-electron chi connectivity index (χ4n) is 2.88. The van der Waals surface area contributed by atoms with E-state index in [-0.39, 0.29) is 17.1 Å². The van der Waals surface area contributed by atoms with Crippen LogP contribution >= 0.6 is 11.8 Å². The number of aryl methyl sites for hydroxylation is 1. The van der Waals surface area contributed by atoms with Crippen LogP contribution in [0.5, 0.6) is 11.5 Å². The van der Waals surface area contributed by atoms with Gasteiger partial charge in [0.1, 0.15) is 19.0 Å². The highest BCUT2D eigenvalue weighted by atomic mass is 32.2. The molecule has 0 N–H and O–H groups in total. The van der Waals surface area contributed by atoms with Gasteiger partial charge >= 0.3 is 0 Å². The minimum Gasteiger partial charge on any atom is -0.486 e. The normalized spacial score (nSPS) is 13.4. The lowest BCUT2D eigenvalue weighted by atomic mass is 10.3. The summed E-state index contributed by atoms with van der Waals surface area (Å²) in [7, 11) is -1.64.